The van der Waals surface area contributed by atoms with Crippen LogP contribution in [0.3, 0.4) is 0 Å². The minimum absolute atomic E-state index is 0.0778. The van der Waals surface area contributed by atoms with Gasteiger partial charge in [0.15, 0.2) is 6.10 Å². The number of allylic oxidation sites excluding steroid dienone is 8. The van der Waals surface area contributed by atoms with Crippen LogP contribution < -0.4 is 0 Å². The van der Waals surface area contributed by atoms with Gasteiger partial charge in [0.25, 0.3) is 0 Å². The molecule has 1 atom stereocenters. The van der Waals surface area contributed by atoms with Crippen LogP contribution in [0, 0.1) is 0 Å². The van der Waals surface area contributed by atoms with Crippen LogP contribution in [-0.2, 0) is 28.6 Å². The highest BCUT2D eigenvalue weighted by atomic mass is 16.6. The van der Waals surface area contributed by atoms with Crippen LogP contribution in [0.5, 0.6) is 0 Å². The summed E-state index contributed by atoms with van der Waals surface area (Å²) >= 11 is 0. The normalized spacial score (nSPS) is 12.3. The fourth-order valence-corrected chi connectivity index (χ4v) is 8.88. The first kappa shape index (κ1) is 67.4. The van der Waals surface area contributed by atoms with Crippen LogP contribution >= 0.6 is 0 Å². The third-order valence-electron chi connectivity index (χ3n) is 13.5. The maximum absolute atomic E-state index is 12.9. The van der Waals surface area contributed by atoms with Gasteiger partial charge in [0.1, 0.15) is 13.2 Å². The van der Waals surface area contributed by atoms with E-state index in [1.807, 2.05) is 0 Å². The maximum Gasteiger partial charge on any atom is 0.306 e. The van der Waals surface area contributed by atoms with Crippen LogP contribution in [0.15, 0.2) is 48.6 Å². The van der Waals surface area contributed by atoms with Gasteiger partial charge in [0, 0.05) is 19.3 Å². The molecule has 0 fully saturated rings. The van der Waals surface area contributed by atoms with Crippen LogP contribution in [0.25, 0.3) is 0 Å². The van der Waals surface area contributed by atoms with Gasteiger partial charge in [0.2, 0.25) is 0 Å². The summed E-state index contributed by atoms with van der Waals surface area (Å²) < 4.78 is 16.9. The van der Waals surface area contributed by atoms with Crippen LogP contribution in [0.4, 0.5) is 0 Å². The van der Waals surface area contributed by atoms with Gasteiger partial charge in [-0.1, -0.05) is 249 Å². The summed E-state index contributed by atoms with van der Waals surface area (Å²) in [5.41, 5.74) is 0. The highest BCUT2D eigenvalue weighted by molar-refractivity contribution is 5.71. The van der Waals surface area contributed by atoms with Crippen LogP contribution in [-0.4, -0.2) is 37.2 Å². The monoisotopic (exact) mass is 981 g/mol. The van der Waals surface area contributed by atoms with Gasteiger partial charge >= 0.3 is 17.9 Å². The first-order chi connectivity index (χ1) is 34.5. The van der Waals surface area contributed by atoms with Gasteiger partial charge in [-0.2, -0.15) is 0 Å². The van der Waals surface area contributed by atoms with Gasteiger partial charge in [0.05, 0.1) is 0 Å². The molecule has 0 aliphatic heterocycles. The first-order valence-electron chi connectivity index (χ1n) is 30.6. The van der Waals surface area contributed by atoms with Crippen LogP contribution in [0.1, 0.15) is 323 Å². The Morgan fingerprint density at radius 3 is 0.829 bits per heavy atom. The molecule has 0 N–H and O–H groups in total. The molecule has 0 aliphatic rings. The molecule has 70 heavy (non-hydrogen) atoms. The minimum Gasteiger partial charge on any atom is -0.462 e. The number of carbonyl (C=O) groups excluding carboxylic acids is 3. The van der Waals surface area contributed by atoms with E-state index in [-0.39, 0.29) is 31.1 Å². The van der Waals surface area contributed by atoms with Crippen molar-refractivity contribution >= 4 is 17.9 Å². The zero-order valence-corrected chi connectivity index (χ0v) is 46.8. The summed E-state index contributed by atoms with van der Waals surface area (Å²) in [5.74, 6) is -0.878. The lowest BCUT2D eigenvalue weighted by molar-refractivity contribution is -0.167. The topological polar surface area (TPSA) is 78.9 Å². The Hall–Kier alpha value is -2.63. The Balaban J connectivity index is 4.37. The third kappa shape index (κ3) is 56.3. The molecular weight excluding hydrogens is 865 g/mol. The second kappa shape index (κ2) is 58.9. The average Bonchev–Trinajstić information content (AvgIpc) is 3.36. The van der Waals surface area contributed by atoms with E-state index >= 15 is 0 Å². The SMILES string of the molecule is CCCCC/C=C\C/C=C\CCCCCCCCCCCC(=O)OCC(COC(=O)CCCCCCC/C=C\CCCCCCCCC)OC(=O)CCCCCCCCC/C=C\CCCCCCCC. The molecule has 0 saturated carbocycles. The molecule has 1 unspecified atom stereocenters. The van der Waals surface area contributed by atoms with Gasteiger partial charge in [-0.3, -0.25) is 14.4 Å². The van der Waals surface area contributed by atoms with E-state index in [4.69, 9.17) is 14.2 Å². The second-order valence-corrected chi connectivity index (χ2v) is 20.6. The molecule has 0 radical (unpaired) electrons. The van der Waals surface area contributed by atoms with Gasteiger partial charge in [-0.25, -0.2) is 0 Å². The summed E-state index contributed by atoms with van der Waals surface area (Å²) in [5, 5.41) is 0. The number of carbonyl (C=O) groups is 3. The molecule has 0 aromatic carbocycles. The lowest BCUT2D eigenvalue weighted by atomic mass is 10.1. The molecule has 0 saturated heterocycles. The van der Waals surface area contributed by atoms with E-state index in [1.165, 1.54) is 212 Å². The minimum atomic E-state index is -0.780. The Bertz CT molecular complexity index is 1220. The van der Waals surface area contributed by atoms with Crippen molar-refractivity contribution in [3.63, 3.8) is 0 Å². The summed E-state index contributed by atoms with van der Waals surface area (Å²) in [4.78, 5) is 38.2. The Morgan fingerprint density at radius 1 is 0.286 bits per heavy atom. The summed E-state index contributed by atoms with van der Waals surface area (Å²) in [6, 6.07) is 0. The van der Waals surface area contributed by atoms with E-state index in [1.54, 1.807) is 0 Å². The number of hydrogen-bond donors (Lipinski definition) is 0. The molecule has 0 aliphatic carbocycles. The lowest BCUT2D eigenvalue weighted by Crippen LogP contribution is -2.30. The molecule has 0 rings (SSSR count). The molecular formula is C64H116O6. The fourth-order valence-electron chi connectivity index (χ4n) is 8.88. The molecule has 408 valence electrons. The fraction of sp³-hybridized carbons (Fsp3) is 0.828. The molecule has 6 nitrogen and oxygen atoms in total. The van der Waals surface area contributed by atoms with Crippen molar-refractivity contribution in [3.8, 4) is 0 Å². The van der Waals surface area contributed by atoms with E-state index < -0.39 is 6.10 Å². The molecule has 0 spiro atoms. The molecule has 0 bridgehead atoms. The second-order valence-electron chi connectivity index (χ2n) is 20.6. The van der Waals surface area contributed by atoms with Gasteiger partial charge < -0.3 is 14.2 Å². The van der Waals surface area contributed by atoms with Gasteiger partial charge in [-0.05, 0) is 103 Å². The van der Waals surface area contributed by atoms with Crippen LogP contribution in [0.2, 0.25) is 0 Å². The molecule has 0 aromatic rings. The number of hydrogen-bond acceptors (Lipinski definition) is 6. The van der Waals surface area contributed by atoms with Crippen molar-refractivity contribution in [1.29, 1.82) is 0 Å². The van der Waals surface area contributed by atoms with E-state index in [0.717, 1.165) is 70.6 Å². The van der Waals surface area contributed by atoms with E-state index in [0.29, 0.717) is 19.3 Å². The lowest BCUT2D eigenvalue weighted by Gasteiger charge is -2.18. The number of rotatable bonds is 56. The van der Waals surface area contributed by atoms with Crippen molar-refractivity contribution in [1.82, 2.24) is 0 Å². The standard InChI is InChI=1S/C64H116O6/c1-4-7-10-13-16-19-22-25-28-31-32-34-36-39-42-45-48-51-54-57-63(66)69-60-61(59-68-62(65)56-53-50-47-44-41-38-35-30-27-24-21-18-15-12-9-6-3)70-64(67)58-55-52-49-46-43-40-37-33-29-26-23-20-17-14-11-8-5-2/h16,19,25-26,28-30,35,61H,4-15,17-18,20-24,27,31-34,36-60H2,1-3H3/b19-16-,28-25-,29-26-,35-30-. The quantitative estimate of drug-likeness (QED) is 0.0261. The molecule has 6 heteroatoms. The molecule has 0 aromatic heterocycles. The smallest absolute Gasteiger partial charge is 0.306 e. The number of esters is 3. The predicted octanol–water partition coefficient (Wildman–Crippen LogP) is 20.6. The highest BCUT2D eigenvalue weighted by Crippen LogP contribution is 2.16. The Kier molecular flexibility index (Phi) is 56.7. The maximum atomic E-state index is 12.9. The van der Waals surface area contributed by atoms with Crippen molar-refractivity contribution < 1.29 is 28.6 Å². The third-order valence-corrected chi connectivity index (χ3v) is 13.5. The highest BCUT2D eigenvalue weighted by Gasteiger charge is 2.19. The number of unbranched alkanes of at least 4 members (excludes halogenated alkanes) is 37. The van der Waals surface area contributed by atoms with Gasteiger partial charge in [-0.15, -0.1) is 0 Å². The first-order valence-corrected chi connectivity index (χ1v) is 30.6. The Labute approximate surface area is 435 Å². The number of ether oxygens (including phenoxy) is 3. The van der Waals surface area contributed by atoms with Crippen molar-refractivity contribution in [3.05, 3.63) is 48.6 Å². The largest absolute Gasteiger partial charge is 0.462 e. The zero-order chi connectivity index (χ0) is 50.7. The summed E-state index contributed by atoms with van der Waals surface area (Å²) in [6.45, 7) is 6.64. The summed E-state index contributed by atoms with van der Waals surface area (Å²) in [7, 11) is 0. The Morgan fingerprint density at radius 2 is 0.514 bits per heavy atom. The summed E-state index contributed by atoms with van der Waals surface area (Å²) in [6.07, 6.45) is 72.4. The molecule has 0 amide bonds. The average molecular weight is 982 g/mol. The molecule has 0 heterocycles. The van der Waals surface area contributed by atoms with Crippen molar-refractivity contribution in [2.45, 2.75) is 329 Å². The van der Waals surface area contributed by atoms with Crippen molar-refractivity contribution in [2.75, 3.05) is 13.2 Å². The van der Waals surface area contributed by atoms with E-state index in [9.17, 15) is 14.4 Å². The van der Waals surface area contributed by atoms with E-state index in [2.05, 4.69) is 69.4 Å². The predicted molar refractivity (Wildman–Crippen MR) is 302 cm³/mol. The van der Waals surface area contributed by atoms with Crippen molar-refractivity contribution in [2.24, 2.45) is 0 Å². The zero-order valence-electron chi connectivity index (χ0n) is 46.8.